The van der Waals surface area contributed by atoms with E-state index in [4.69, 9.17) is 0 Å². The first-order valence-electron chi connectivity index (χ1n) is 9.55. The molecule has 0 saturated carbocycles. The Labute approximate surface area is 174 Å². The molecule has 1 aromatic rings. The number of nitrogens with zero attached hydrogens (tertiary/aromatic N) is 5. The van der Waals surface area contributed by atoms with Crippen molar-refractivity contribution in [1.82, 2.24) is 14.7 Å². The molecule has 3 aliphatic heterocycles. The Balaban J connectivity index is 1.40. The van der Waals surface area contributed by atoms with Crippen LogP contribution >= 0.6 is 0 Å². The first-order valence-corrected chi connectivity index (χ1v) is 11.2. The number of piperazine rings is 1. The van der Waals surface area contributed by atoms with Crippen LogP contribution in [-0.2, 0) is 21.4 Å². The SMILES string of the molecule is O=C(C1=CC=CN2CCS(=O)(=O)N=C12)N1CCN(Cc2cccc([N+](=O)[O-])c2)CC1. The van der Waals surface area contributed by atoms with Crippen molar-refractivity contribution in [1.29, 1.82) is 0 Å². The molecule has 3 aliphatic rings. The van der Waals surface area contributed by atoms with Crippen LogP contribution in [-0.4, -0.2) is 78.3 Å². The lowest BCUT2D eigenvalue weighted by Crippen LogP contribution is -2.50. The number of nitro benzene ring substituents is 1. The summed E-state index contributed by atoms with van der Waals surface area (Å²) in [4.78, 5) is 29.1. The summed E-state index contributed by atoms with van der Waals surface area (Å²) in [7, 11) is -3.56. The number of nitro groups is 1. The highest BCUT2D eigenvalue weighted by atomic mass is 32.2. The van der Waals surface area contributed by atoms with E-state index in [1.54, 1.807) is 40.3 Å². The third-order valence-corrected chi connectivity index (χ3v) is 6.42. The molecular weight excluding hydrogens is 410 g/mol. The van der Waals surface area contributed by atoms with Gasteiger partial charge in [0.2, 0.25) is 0 Å². The number of carbonyl (C=O) groups excluding carboxylic acids is 1. The van der Waals surface area contributed by atoms with Gasteiger partial charge in [-0.3, -0.25) is 19.8 Å². The molecule has 4 rings (SSSR count). The minimum absolute atomic E-state index is 0.0615. The second kappa shape index (κ2) is 8.00. The van der Waals surface area contributed by atoms with Crippen LogP contribution < -0.4 is 0 Å². The number of allylic oxidation sites excluding steroid dienone is 2. The molecule has 1 fully saturated rings. The van der Waals surface area contributed by atoms with Crippen molar-refractivity contribution in [3.05, 3.63) is 63.9 Å². The molecule has 3 heterocycles. The summed E-state index contributed by atoms with van der Waals surface area (Å²) >= 11 is 0. The smallest absolute Gasteiger partial charge is 0.269 e. The molecule has 1 amide bonds. The maximum Gasteiger partial charge on any atom is 0.269 e. The highest BCUT2D eigenvalue weighted by molar-refractivity contribution is 7.90. The number of carbonyl (C=O) groups is 1. The number of hydrogen-bond donors (Lipinski definition) is 0. The zero-order valence-corrected chi connectivity index (χ0v) is 17.0. The second-order valence-corrected chi connectivity index (χ2v) is 9.07. The summed E-state index contributed by atoms with van der Waals surface area (Å²) < 4.78 is 27.6. The minimum atomic E-state index is -3.56. The predicted molar refractivity (Wildman–Crippen MR) is 110 cm³/mol. The largest absolute Gasteiger partial charge is 0.336 e. The van der Waals surface area contributed by atoms with Crippen LogP contribution in [0.1, 0.15) is 5.56 Å². The fourth-order valence-electron chi connectivity index (χ4n) is 3.69. The van der Waals surface area contributed by atoms with Crippen molar-refractivity contribution in [2.75, 3.05) is 38.5 Å². The molecule has 0 unspecified atom stereocenters. The molecule has 10 nitrogen and oxygen atoms in total. The Bertz CT molecular complexity index is 1070. The van der Waals surface area contributed by atoms with Crippen molar-refractivity contribution in [3.8, 4) is 0 Å². The summed E-state index contributed by atoms with van der Waals surface area (Å²) in [6.07, 6.45) is 5.05. The summed E-state index contributed by atoms with van der Waals surface area (Å²) in [5.74, 6) is -0.124. The number of rotatable bonds is 4. The van der Waals surface area contributed by atoms with E-state index in [1.807, 2.05) is 6.07 Å². The van der Waals surface area contributed by atoms with Gasteiger partial charge in [0, 0.05) is 57.6 Å². The highest BCUT2D eigenvalue weighted by Gasteiger charge is 2.33. The van der Waals surface area contributed by atoms with Crippen molar-refractivity contribution in [2.45, 2.75) is 6.54 Å². The third kappa shape index (κ3) is 4.26. The molecule has 0 aromatic heterocycles. The number of amides is 1. The van der Waals surface area contributed by atoms with E-state index >= 15 is 0 Å². The number of sulfonamides is 1. The van der Waals surface area contributed by atoms with Gasteiger partial charge in [-0.1, -0.05) is 12.1 Å². The van der Waals surface area contributed by atoms with Crippen LogP contribution in [0.15, 0.2) is 52.6 Å². The standard InChI is InChI=1S/C19H21N5O5S/c25-19(17-5-2-6-22-11-12-30(28,29)20-18(17)22)23-9-7-21(8-10-23)14-15-3-1-4-16(13-15)24(26)27/h1-6,13H,7-12,14H2. The molecule has 0 radical (unpaired) electrons. The first-order chi connectivity index (χ1) is 14.3. The van der Waals surface area contributed by atoms with E-state index in [-0.39, 0.29) is 35.3 Å². The zero-order valence-electron chi connectivity index (χ0n) is 16.2. The number of hydrogen-bond acceptors (Lipinski definition) is 7. The Kier molecular flexibility index (Phi) is 5.39. The van der Waals surface area contributed by atoms with Crippen LogP contribution in [0.25, 0.3) is 0 Å². The van der Waals surface area contributed by atoms with Crippen LogP contribution in [0.2, 0.25) is 0 Å². The molecule has 11 heteroatoms. The number of fused-ring (bicyclic) bond motifs is 1. The average molecular weight is 431 g/mol. The fraction of sp³-hybridized carbons (Fsp3) is 0.368. The van der Waals surface area contributed by atoms with Gasteiger partial charge in [0.15, 0.2) is 5.84 Å². The molecule has 1 aromatic carbocycles. The summed E-state index contributed by atoms with van der Waals surface area (Å²) in [5.41, 5.74) is 1.20. The van der Waals surface area contributed by atoms with E-state index in [0.29, 0.717) is 32.7 Å². The molecular formula is C19H21N5O5S. The van der Waals surface area contributed by atoms with Crippen LogP contribution in [0.4, 0.5) is 5.69 Å². The van der Waals surface area contributed by atoms with Crippen molar-refractivity contribution >= 4 is 27.5 Å². The zero-order chi connectivity index (χ0) is 21.3. The molecule has 30 heavy (non-hydrogen) atoms. The lowest BCUT2D eigenvalue weighted by atomic mass is 10.1. The normalized spacial score (nSPS) is 20.9. The Hall–Kier alpha value is -3.05. The number of benzene rings is 1. The van der Waals surface area contributed by atoms with E-state index in [0.717, 1.165) is 5.56 Å². The fourth-order valence-corrected chi connectivity index (χ4v) is 4.67. The Morgan fingerprint density at radius 2 is 1.93 bits per heavy atom. The van der Waals surface area contributed by atoms with Crippen LogP contribution in [0, 0.1) is 10.1 Å². The van der Waals surface area contributed by atoms with E-state index in [9.17, 15) is 23.3 Å². The van der Waals surface area contributed by atoms with Crippen LogP contribution in [0.5, 0.6) is 0 Å². The van der Waals surface area contributed by atoms with E-state index in [2.05, 4.69) is 9.30 Å². The second-order valence-electron chi connectivity index (χ2n) is 7.31. The molecule has 0 spiro atoms. The maximum atomic E-state index is 13.0. The van der Waals surface area contributed by atoms with E-state index < -0.39 is 14.9 Å². The molecule has 0 N–H and O–H groups in total. The van der Waals surface area contributed by atoms with Crippen molar-refractivity contribution in [3.63, 3.8) is 0 Å². The molecule has 0 atom stereocenters. The Morgan fingerprint density at radius 3 is 2.67 bits per heavy atom. The maximum absolute atomic E-state index is 13.0. The predicted octanol–water partition coefficient (Wildman–Crippen LogP) is 0.737. The van der Waals surface area contributed by atoms with Crippen molar-refractivity contribution in [2.24, 2.45) is 4.40 Å². The molecule has 158 valence electrons. The molecule has 0 aliphatic carbocycles. The van der Waals surface area contributed by atoms with Gasteiger partial charge in [-0.15, -0.1) is 4.40 Å². The number of non-ortho nitro benzene ring substituents is 1. The topological polar surface area (TPSA) is 116 Å². The van der Waals surface area contributed by atoms with Crippen LogP contribution in [0.3, 0.4) is 0 Å². The lowest BCUT2D eigenvalue weighted by Gasteiger charge is -2.36. The van der Waals surface area contributed by atoms with Gasteiger partial charge in [-0.2, -0.15) is 0 Å². The first kappa shape index (κ1) is 20.2. The van der Waals surface area contributed by atoms with Gasteiger partial charge >= 0.3 is 0 Å². The van der Waals surface area contributed by atoms with Crippen molar-refractivity contribution < 1.29 is 18.1 Å². The number of amidine groups is 1. The Morgan fingerprint density at radius 1 is 1.17 bits per heavy atom. The van der Waals surface area contributed by atoms with Gasteiger partial charge in [-0.05, 0) is 17.7 Å². The average Bonchev–Trinajstić information content (AvgIpc) is 2.73. The molecule has 1 saturated heterocycles. The third-order valence-electron chi connectivity index (χ3n) is 5.28. The van der Waals surface area contributed by atoms with Gasteiger partial charge in [0.1, 0.15) is 0 Å². The van der Waals surface area contributed by atoms with Gasteiger partial charge < -0.3 is 9.80 Å². The van der Waals surface area contributed by atoms with Gasteiger partial charge in [0.25, 0.3) is 21.6 Å². The summed E-state index contributed by atoms with van der Waals surface area (Å²) in [6.45, 7) is 3.04. The minimum Gasteiger partial charge on any atom is -0.336 e. The lowest BCUT2D eigenvalue weighted by molar-refractivity contribution is -0.384. The quantitative estimate of drug-likeness (QED) is 0.510. The molecule has 0 bridgehead atoms. The monoisotopic (exact) mass is 431 g/mol. The van der Waals surface area contributed by atoms with Gasteiger partial charge in [-0.25, -0.2) is 8.42 Å². The summed E-state index contributed by atoms with van der Waals surface area (Å²) in [6, 6.07) is 6.54. The highest BCUT2D eigenvalue weighted by Crippen LogP contribution is 2.21. The summed E-state index contributed by atoms with van der Waals surface area (Å²) in [5, 5.41) is 10.9. The van der Waals surface area contributed by atoms with E-state index in [1.165, 1.54) is 6.07 Å². The van der Waals surface area contributed by atoms with Gasteiger partial charge in [0.05, 0.1) is 16.2 Å².